The van der Waals surface area contributed by atoms with E-state index in [1.54, 1.807) is 6.07 Å². The Labute approximate surface area is 257 Å². The van der Waals surface area contributed by atoms with Crippen molar-refractivity contribution in [1.29, 1.82) is 5.26 Å². The van der Waals surface area contributed by atoms with Crippen LogP contribution in [0.3, 0.4) is 0 Å². The first-order valence-corrected chi connectivity index (χ1v) is 13.8. The van der Waals surface area contributed by atoms with Crippen molar-refractivity contribution >= 4 is 52.4 Å². The molecule has 1 aliphatic heterocycles. The highest BCUT2D eigenvalue weighted by Gasteiger charge is 2.61. The van der Waals surface area contributed by atoms with Gasteiger partial charge in [-0.2, -0.15) is 5.26 Å². The molecule has 0 spiro atoms. The predicted octanol–water partition coefficient (Wildman–Crippen LogP) is 6.70. The number of nitrogens with one attached hydrogen (secondary N) is 1. The highest BCUT2D eigenvalue weighted by atomic mass is 35.5. The summed E-state index contributed by atoms with van der Waals surface area (Å²) >= 11 is 17.5. The number of nitriles is 1. The number of carbonyl (C=O) groups excluding carboxylic acids is 1. The average Bonchev–Trinajstić information content (AvgIpc) is 3.20. The van der Waals surface area contributed by atoms with E-state index in [9.17, 15) is 20.0 Å². The van der Waals surface area contributed by atoms with Crippen LogP contribution in [0.1, 0.15) is 54.6 Å². The molecule has 1 heterocycles. The van der Waals surface area contributed by atoms with Crippen LogP contribution in [0, 0.1) is 28.4 Å². The molecule has 1 saturated heterocycles. The van der Waals surface area contributed by atoms with Crippen LogP contribution in [-0.4, -0.2) is 29.1 Å². The molecule has 0 radical (unpaired) electrons. The van der Waals surface area contributed by atoms with E-state index in [0.717, 1.165) is 6.07 Å². The van der Waals surface area contributed by atoms with Gasteiger partial charge in [-0.1, -0.05) is 73.8 Å². The highest BCUT2D eigenvalue weighted by molar-refractivity contribution is 6.33. The minimum atomic E-state index is -1.73. The number of amides is 1. The van der Waals surface area contributed by atoms with Crippen molar-refractivity contribution in [2.75, 3.05) is 5.73 Å². The molecule has 0 unspecified atom stereocenters. The van der Waals surface area contributed by atoms with Crippen molar-refractivity contribution in [2.24, 2.45) is 11.1 Å². The number of nitrogen functional groups attached to an aromatic ring is 1. The van der Waals surface area contributed by atoms with Crippen LogP contribution in [-0.2, 0) is 10.2 Å². The molecule has 12 heteroatoms. The monoisotopic (exact) mass is 636 g/mol. The van der Waals surface area contributed by atoms with E-state index < -0.39 is 46.9 Å². The topological polar surface area (TPSA) is 142 Å². The Morgan fingerprint density at radius 2 is 1.74 bits per heavy atom. The number of hydrogen-bond donors (Lipinski definition) is 4. The second kappa shape index (κ2) is 12.8. The molecule has 4 rings (SSSR count). The maximum absolute atomic E-state index is 15.2. The summed E-state index contributed by atoms with van der Waals surface area (Å²) < 4.78 is 30.3. The fourth-order valence-corrected chi connectivity index (χ4v) is 5.75. The first-order chi connectivity index (χ1) is 19.5. The van der Waals surface area contributed by atoms with Crippen LogP contribution in [0.5, 0.6) is 0 Å². The summed E-state index contributed by atoms with van der Waals surface area (Å²) in [5.74, 6) is -4.60. The largest absolute Gasteiger partial charge is 0.480 e. The van der Waals surface area contributed by atoms with Crippen LogP contribution in [0.25, 0.3) is 0 Å². The zero-order chi connectivity index (χ0) is 31.6. The first kappa shape index (κ1) is 33.1. The molecule has 0 aliphatic carbocycles. The molecule has 0 aromatic heterocycles. The van der Waals surface area contributed by atoms with E-state index >= 15 is 8.78 Å². The lowest BCUT2D eigenvalue weighted by atomic mass is 9.62. The van der Waals surface area contributed by atoms with E-state index in [-0.39, 0.29) is 26.6 Å². The summed E-state index contributed by atoms with van der Waals surface area (Å²) in [6.07, 6.45) is 0.338. The second-order valence-corrected chi connectivity index (χ2v) is 12.4. The molecular formula is C30H29Cl3F2N4O3. The summed E-state index contributed by atoms with van der Waals surface area (Å²) in [4.78, 5) is 22.8. The minimum absolute atomic E-state index is 0.0331. The van der Waals surface area contributed by atoms with Gasteiger partial charge in [-0.25, -0.2) is 8.78 Å². The number of halogens is 5. The van der Waals surface area contributed by atoms with E-state index in [4.69, 9.17) is 46.3 Å². The number of carboxylic acid groups (broad SMARTS) is 1. The molecule has 4 atom stereocenters. The number of carboxylic acids is 1. The van der Waals surface area contributed by atoms with Crippen molar-refractivity contribution in [2.45, 2.75) is 50.6 Å². The van der Waals surface area contributed by atoms with Crippen molar-refractivity contribution in [3.8, 4) is 6.07 Å². The van der Waals surface area contributed by atoms with Gasteiger partial charge in [0.2, 0.25) is 5.91 Å². The predicted molar refractivity (Wildman–Crippen MR) is 160 cm³/mol. The lowest BCUT2D eigenvalue weighted by molar-refractivity contribution is -0.139. The lowest BCUT2D eigenvalue weighted by Gasteiger charge is -2.37. The van der Waals surface area contributed by atoms with Gasteiger partial charge in [0.05, 0.1) is 21.8 Å². The molecule has 1 amide bonds. The maximum atomic E-state index is 15.2. The smallest absolute Gasteiger partial charge is 0.321 e. The molecule has 42 heavy (non-hydrogen) atoms. The number of hydrogen-bond acceptors (Lipinski definition) is 5. The molecule has 0 bridgehead atoms. The molecular weight excluding hydrogens is 609 g/mol. The summed E-state index contributed by atoms with van der Waals surface area (Å²) in [7, 11) is 0. The van der Waals surface area contributed by atoms with Crippen LogP contribution in [0.4, 0.5) is 14.5 Å². The molecule has 1 fully saturated rings. The fourth-order valence-electron chi connectivity index (χ4n) is 5.22. The van der Waals surface area contributed by atoms with Gasteiger partial charge in [0.15, 0.2) is 0 Å². The number of nitrogens with zero attached hydrogens (tertiary/aromatic N) is 1. The van der Waals surface area contributed by atoms with Gasteiger partial charge in [0.1, 0.15) is 23.1 Å². The number of rotatable bonds is 5. The Morgan fingerprint density at radius 1 is 1.07 bits per heavy atom. The van der Waals surface area contributed by atoms with Crippen molar-refractivity contribution < 1.29 is 23.5 Å². The van der Waals surface area contributed by atoms with Gasteiger partial charge < -0.3 is 16.6 Å². The molecule has 1 aliphatic rings. The Balaban J connectivity index is 0.000000369. The van der Waals surface area contributed by atoms with Crippen LogP contribution in [0.2, 0.25) is 15.1 Å². The number of carbonyl (C=O) groups is 2. The molecule has 7 nitrogen and oxygen atoms in total. The van der Waals surface area contributed by atoms with Gasteiger partial charge >= 0.3 is 5.97 Å². The third kappa shape index (κ3) is 6.79. The maximum Gasteiger partial charge on any atom is 0.321 e. The minimum Gasteiger partial charge on any atom is -0.480 e. The Hall–Kier alpha value is -3.42. The SMILES string of the molecule is CC(C)(C)C[C@@H]1N[C@@H](C(=O)O)[C@H](c2cccc(Cl)c2F)[C@@]1(C#N)c1ccc(Cl)cc1F.NC(=O)c1ccc(N)c(Cl)c1. The van der Waals surface area contributed by atoms with Crippen molar-refractivity contribution in [3.05, 3.63) is 98.0 Å². The molecule has 0 saturated carbocycles. The Kier molecular flexibility index (Phi) is 10.1. The number of nitrogens with two attached hydrogens (primary N) is 2. The standard InChI is InChI=1S/C23H22Cl2F2N2O2.C7H7ClN2O/c1-22(2,3)10-17-23(11-28,14-8-7-12(24)9-16(14)26)18(20(29-17)21(30)31)13-5-4-6-15(25)19(13)27;8-5-3-4(7(10)11)1-2-6(5)9/h4-9,17-18,20,29H,10H2,1-3H3,(H,30,31);1-3H,9H2,(H2,10,11)/t17-,18-,20+,23-;/m0./s1. The first-order valence-electron chi connectivity index (χ1n) is 12.7. The Morgan fingerprint density at radius 3 is 2.26 bits per heavy atom. The van der Waals surface area contributed by atoms with E-state index in [0.29, 0.717) is 22.7 Å². The van der Waals surface area contributed by atoms with E-state index in [1.807, 2.05) is 20.8 Å². The second-order valence-electron chi connectivity index (χ2n) is 11.1. The fraction of sp³-hybridized carbons (Fsp3) is 0.300. The van der Waals surface area contributed by atoms with Gasteiger partial charge in [0, 0.05) is 28.1 Å². The quantitative estimate of drug-likeness (QED) is 0.229. The zero-order valence-electron chi connectivity index (χ0n) is 22.9. The average molecular weight is 638 g/mol. The Bertz CT molecular complexity index is 1560. The van der Waals surface area contributed by atoms with Crippen LogP contribution < -0.4 is 16.8 Å². The molecule has 6 N–H and O–H groups in total. The summed E-state index contributed by atoms with van der Waals surface area (Å²) in [5, 5.41) is 23.7. The van der Waals surface area contributed by atoms with Crippen molar-refractivity contribution in [1.82, 2.24) is 5.32 Å². The number of benzene rings is 3. The van der Waals surface area contributed by atoms with E-state index in [1.165, 1.54) is 42.5 Å². The van der Waals surface area contributed by atoms with Gasteiger partial charge in [0.25, 0.3) is 0 Å². The summed E-state index contributed by atoms with van der Waals surface area (Å²) in [5.41, 5.74) is 9.05. The van der Waals surface area contributed by atoms with Gasteiger partial charge in [-0.05, 0) is 53.8 Å². The number of anilines is 1. The molecule has 3 aromatic carbocycles. The molecule has 3 aromatic rings. The normalized spacial score (nSPS) is 21.6. The van der Waals surface area contributed by atoms with E-state index in [2.05, 4.69) is 11.4 Å². The number of aliphatic carboxylic acids is 1. The molecule has 222 valence electrons. The van der Waals surface area contributed by atoms with Crippen LogP contribution >= 0.6 is 34.8 Å². The summed E-state index contributed by atoms with van der Waals surface area (Å²) in [6, 6.07) is 12.7. The van der Waals surface area contributed by atoms with Gasteiger partial charge in [-0.3, -0.25) is 14.9 Å². The van der Waals surface area contributed by atoms with Crippen LogP contribution in [0.15, 0.2) is 54.6 Å². The zero-order valence-corrected chi connectivity index (χ0v) is 25.2. The summed E-state index contributed by atoms with van der Waals surface area (Å²) in [6.45, 7) is 5.79. The van der Waals surface area contributed by atoms with Crippen molar-refractivity contribution in [3.63, 3.8) is 0 Å². The third-order valence-electron chi connectivity index (χ3n) is 7.00. The third-order valence-corrected chi connectivity index (χ3v) is 7.85. The lowest BCUT2D eigenvalue weighted by Crippen LogP contribution is -2.44. The number of primary amides is 1. The van der Waals surface area contributed by atoms with Gasteiger partial charge in [-0.15, -0.1) is 0 Å². The highest BCUT2D eigenvalue weighted by Crippen LogP contribution is 2.52.